The molecule has 2 nitrogen and oxygen atoms in total. The third-order valence-corrected chi connectivity index (χ3v) is 1.64. The van der Waals surface area contributed by atoms with E-state index in [9.17, 15) is 4.39 Å². The fourth-order valence-electron chi connectivity index (χ4n) is 0.933. The summed E-state index contributed by atoms with van der Waals surface area (Å²) in [5, 5.41) is 0. The summed E-state index contributed by atoms with van der Waals surface area (Å²) in [6.45, 7) is 2.08. The first-order valence-corrected chi connectivity index (χ1v) is 4.28. The molecule has 0 fully saturated rings. The zero-order valence-corrected chi connectivity index (χ0v) is 7.66. The van der Waals surface area contributed by atoms with Crippen LogP contribution in [0.4, 0.5) is 4.39 Å². The van der Waals surface area contributed by atoms with Gasteiger partial charge in [-0.05, 0) is 24.6 Å². The molecule has 1 aromatic carbocycles. The summed E-state index contributed by atoms with van der Waals surface area (Å²) in [4.78, 5) is 0. The predicted molar refractivity (Wildman–Crippen MR) is 50.4 cm³/mol. The molecule has 0 aliphatic rings. The van der Waals surface area contributed by atoms with E-state index in [0.29, 0.717) is 12.3 Å². The van der Waals surface area contributed by atoms with E-state index in [2.05, 4.69) is 0 Å². The second-order valence-electron chi connectivity index (χ2n) is 2.94. The summed E-state index contributed by atoms with van der Waals surface area (Å²) >= 11 is 0. The summed E-state index contributed by atoms with van der Waals surface area (Å²) in [6.07, 6.45) is -0.936. The van der Waals surface area contributed by atoms with E-state index in [1.807, 2.05) is 12.1 Å². The van der Waals surface area contributed by atoms with E-state index in [1.165, 1.54) is 6.92 Å². The number of halogens is 1. The Morgan fingerprint density at radius 3 is 2.46 bits per heavy atom. The van der Waals surface area contributed by atoms with E-state index in [4.69, 9.17) is 10.5 Å². The van der Waals surface area contributed by atoms with Gasteiger partial charge >= 0.3 is 0 Å². The highest BCUT2D eigenvalue weighted by Crippen LogP contribution is 2.12. The largest absolute Gasteiger partial charge is 0.491 e. The van der Waals surface area contributed by atoms with Crippen molar-refractivity contribution in [3.05, 3.63) is 29.8 Å². The van der Waals surface area contributed by atoms with Crippen molar-refractivity contribution < 1.29 is 9.13 Å². The number of ether oxygens (including phenoxy) is 1. The third kappa shape index (κ3) is 3.42. The molecule has 1 atom stereocenters. The number of alkyl halides is 1. The Bertz CT molecular complexity index is 246. The second-order valence-corrected chi connectivity index (χ2v) is 2.94. The van der Waals surface area contributed by atoms with E-state index >= 15 is 0 Å². The van der Waals surface area contributed by atoms with E-state index in [0.717, 1.165) is 5.56 Å². The third-order valence-electron chi connectivity index (χ3n) is 1.64. The molecule has 0 saturated carbocycles. The topological polar surface area (TPSA) is 35.2 Å². The molecule has 0 aliphatic heterocycles. The van der Waals surface area contributed by atoms with Crippen molar-refractivity contribution in [2.45, 2.75) is 19.6 Å². The molecule has 1 unspecified atom stereocenters. The predicted octanol–water partition coefficient (Wildman–Crippen LogP) is 1.88. The molecule has 72 valence electrons. The number of hydrogen-bond donors (Lipinski definition) is 1. The SMILES string of the molecule is CC(F)COc1ccc(CN)cc1. The summed E-state index contributed by atoms with van der Waals surface area (Å²) in [5.41, 5.74) is 6.46. The van der Waals surface area contributed by atoms with Crippen LogP contribution in [0, 0.1) is 0 Å². The maximum Gasteiger partial charge on any atom is 0.131 e. The van der Waals surface area contributed by atoms with Gasteiger partial charge in [-0.15, -0.1) is 0 Å². The summed E-state index contributed by atoms with van der Waals surface area (Å²) in [7, 11) is 0. The molecule has 1 rings (SSSR count). The van der Waals surface area contributed by atoms with Gasteiger partial charge in [0.1, 0.15) is 18.5 Å². The van der Waals surface area contributed by atoms with Crippen molar-refractivity contribution in [3.63, 3.8) is 0 Å². The van der Waals surface area contributed by atoms with Crippen molar-refractivity contribution in [3.8, 4) is 5.75 Å². The molecule has 13 heavy (non-hydrogen) atoms. The van der Waals surface area contributed by atoms with Gasteiger partial charge in [-0.2, -0.15) is 0 Å². The number of hydrogen-bond acceptors (Lipinski definition) is 2. The van der Waals surface area contributed by atoms with Crippen molar-refractivity contribution in [1.29, 1.82) is 0 Å². The van der Waals surface area contributed by atoms with Crippen molar-refractivity contribution >= 4 is 0 Å². The molecule has 3 heteroatoms. The lowest BCUT2D eigenvalue weighted by Crippen LogP contribution is -2.08. The molecule has 0 aliphatic carbocycles. The first-order valence-electron chi connectivity index (χ1n) is 4.28. The standard InChI is InChI=1S/C10H14FNO/c1-8(11)7-13-10-4-2-9(6-12)3-5-10/h2-5,8H,6-7,12H2,1H3. The van der Waals surface area contributed by atoms with Crippen molar-refractivity contribution in [1.82, 2.24) is 0 Å². The Balaban J connectivity index is 2.49. The Kier molecular flexibility index (Phi) is 3.71. The van der Waals surface area contributed by atoms with Crippen LogP contribution in [0.5, 0.6) is 5.75 Å². The van der Waals surface area contributed by atoms with Crippen LogP contribution in [-0.4, -0.2) is 12.8 Å². The molecule has 0 heterocycles. The molecule has 2 N–H and O–H groups in total. The van der Waals surface area contributed by atoms with Gasteiger partial charge in [0.15, 0.2) is 0 Å². The number of rotatable bonds is 4. The fourth-order valence-corrected chi connectivity index (χ4v) is 0.933. The minimum atomic E-state index is -0.936. The normalized spacial score (nSPS) is 12.5. The van der Waals surface area contributed by atoms with Crippen LogP contribution < -0.4 is 10.5 Å². The van der Waals surface area contributed by atoms with Crippen molar-refractivity contribution in [2.24, 2.45) is 5.73 Å². The molecule has 1 aromatic rings. The molecule has 0 aromatic heterocycles. The Morgan fingerprint density at radius 2 is 2.00 bits per heavy atom. The molecular formula is C10H14FNO. The second kappa shape index (κ2) is 4.82. The fraction of sp³-hybridized carbons (Fsp3) is 0.400. The molecular weight excluding hydrogens is 169 g/mol. The maximum absolute atomic E-state index is 12.4. The number of benzene rings is 1. The lowest BCUT2D eigenvalue weighted by atomic mass is 10.2. The van der Waals surface area contributed by atoms with E-state index in [-0.39, 0.29) is 6.61 Å². The summed E-state index contributed by atoms with van der Waals surface area (Å²) in [6, 6.07) is 7.34. The Morgan fingerprint density at radius 1 is 1.38 bits per heavy atom. The Labute approximate surface area is 77.5 Å². The van der Waals surface area contributed by atoms with Crippen LogP contribution >= 0.6 is 0 Å². The average molecular weight is 183 g/mol. The van der Waals surface area contributed by atoms with Gasteiger partial charge in [0, 0.05) is 6.54 Å². The van der Waals surface area contributed by atoms with Gasteiger partial charge in [0.05, 0.1) is 0 Å². The van der Waals surface area contributed by atoms with Gasteiger partial charge in [-0.1, -0.05) is 12.1 Å². The number of nitrogens with two attached hydrogens (primary N) is 1. The minimum absolute atomic E-state index is 0.0992. The van der Waals surface area contributed by atoms with Gasteiger partial charge in [-0.3, -0.25) is 0 Å². The van der Waals surface area contributed by atoms with Crippen LogP contribution in [0.15, 0.2) is 24.3 Å². The first-order chi connectivity index (χ1) is 6.22. The summed E-state index contributed by atoms with van der Waals surface area (Å²) < 4.78 is 17.5. The van der Waals surface area contributed by atoms with E-state index in [1.54, 1.807) is 12.1 Å². The van der Waals surface area contributed by atoms with Gasteiger partial charge in [0.2, 0.25) is 0 Å². The highest BCUT2D eigenvalue weighted by molar-refractivity contribution is 5.27. The van der Waals surface area contributed by atoms with Gasteiger partial charge in [-0.25, -0.2) is 4.39 Å². The highest BCUT2D eigenvalue weighted by Gasteiger charge is 1.99. The lowest BCUT2D eigenvalue weighted by molar-refractivity contribution is 0.210. The maximum atomic E-state index is 12.4. The van der Waals surface area contributed by atoms with Crippen LogP contribution in [0.2, 0.25) is 0 Å². The summed E-state index contributed by atoms with van der Waals surface area (Å²) in [5.74, 6) is 0.682. The van der Waals surface area contributed by atoms with Gasteiger partial charge < -0.3 is 10.5 Å². The highest BCUT2D eigenvalue weighted by atomic mass is 19.1. The molecule has 0 saturated heterocycles. The van der Waals surface area contributed by atoms with Crippen LogP contribution in [-0.2, 0) is 6.54 Å². The van der Waals surface area contributed by atoms with E-state index < -0.39 is 6.17 Å². The average Bonchev–Trinajstić information content (AvgIpc) is 2.15. The minimum Gasteiger partial charge on any atom is -0.491 e. The molecule has 0 spiro atoms. The zero-order chi connectivity index (χ0) is 9.68. The smallest absolute Gasteiger partial charge is 0.131 e. The van der Waals surface area contributed by atoms with Crippen LogP contribution in [0.25, 0.3) is 0 Å². The van der Waals surface area contributed by atoms with Gasteiger partial charge in [0.25, 0.3) is 0 Å². The van der Waals surface area contributed by atoms with Crippen LogP contribution in [0.3, 0.4) is 0 Å². The first kappa shape index (κ1) is 9.99. The lowest BCUT2D eigenvalue weighted by Gasteiger charge is -2.06. The zero-order valence-electron chi connectivity index (χ0n) is 7.66. The molecule has 0 bridgehead atoms. The monoisotopic (exact) mass is 183 g/mol. The molecule has 0 amide bonds. The van der Waals surface area contributed by atoms with Crippen LogP contribution in [0.1, 0.15) is 12.5 Å². The quantitative estimate of drug-likeness (QED) is 0.773. The molecule has 0 radical (unpaired) electrons. The van der Waals surface area contributed by atoms with Crippen molar-refractivity contribution in [2.75, 3.05) is 6.61 Å². The Hall–Kier alpha value is -1.09.